The molecule has 0 aliphatic rings. The minimum Gasteiger partial charge on any atom is -0.481 e. The predicted octanol–water partition coefficient (Wildman–Crippen LogP) is 2.52. The maximum atomic E-state index is 13.2. The van der Waals surface area contributed by atoms with Gasteiger partial charge in [-0.3, -0.25) is 14.2 Å². The summed E-state index contributed by atoms with van der Waals surface area (Å²) >= 11 is 0. The van der Waals surface area contributed by atoms with E-state index in [0.29, 0.717) is 5.69 Å². The van der Waals surface area contributed by atoms with Crippen LogP contribution in [-0.2, 0) is 17.4 Å². The molecule has 0 amide bonds. The minimum absolute atomic E-state index is 0.0652. The summed E-state index contributed by atoms with van der Waals surface area (Å²) in [5, 5.41) is 12.9. The molecule has 6 nitrogen and oxygen atoms in total. The highest BCUT2D eigenvalue weighted by molar-refractivity contribution is 5.67. The van der Waals surface area contributed by atoms with Crippen LogP contribution in [0.15, 0.2) is 47.4 Å². The van der Waals surface area contributed by atoms with E-state index >= 15 is 0 Å². The van der Waals surface area contributed by atoms with Crippen LogP contribution in [0.25, 0.3) is 11.2 Å². The zero-order valence-corrected chi connectivity index (χ0v) is 12.7. The Morgan fingerprint density at radius 1 is 1.16 bits per heavy atom. The summed E-state index contributed by atoms with van der Waals surface area (Å²) in [6, 6.07) is 8.79. The third-order valence-electron chi connectivity index (χ3n) is 3.64. The second kappa shape index (κ2) is 6.08. The Balaban J connectivity index is 2.31. The first kappa shape index (κ1) is 16.7. The van der Waals surface area contributed by atoms with Crippen LogP contribution in [-0.4, -0.2) is 25.3 Å². The Morgan fingerprint density at radius 2 is 1.84 bits per heavy atom. The van der Waals surface area contributed by atoms with Crippen LogP contribution in [0.3, 0.4) is 0 Å². The molecule has 0 saturated carbocycles. The first-order valence-corrected chi connectivity index (χ1v) is 7.26. The summed E-state index contributed by atoms with van der Waals surface area (Å²) in [6.07, 6.45) is -4.07. The maximum Gasteiger partial charge on any atom is 0.418 e. The van der Waals surface area contributed by atoms with Crippen LogP contribution in [0.1, 0.15) is 17.8 Å². The quantitative estimate of drug-likeness (QED) is 0.784. The number of halogens is 3. The number of carboxylic acids is 1. The van der Waals surface area contributed by atoms with Crippen LogP contribution in [0, 0.1) is 0 Å². The van der Waals surface area contributed by atoms with E-state index in [1.165, 1.54) is 0 Å². The fourth-order valence-electron chi connectivity index (χ4n) is 2.56. The van der Waals surface area contributed by atoms with E-state index in [0.717, 1.165) is 21.3 Å². The molecule has 130 valence electrons. The van der Waals surface area contributed by atoms with Crippen molar-refractivity contribution in [3.8, 4) is 5.69 Å². The van der Waals surface area contributed by atoms with E-state index in [2.05, 4.69) is 5.10 Å². The Labute approximate surface area is 138 Å². The number of benzene rings is 1. The van der Waals surface area contributed by atoms with Gasteiger partial charge in [0.15, 0.2) is 0 Å². The lowest BCUT2D eigenvalue weighted by atomic mass is 10.2. The van der Waals surface area contributed by atoms with Crippen LogP contribution in [0.5, 0.6) is 0 Å². The Bertz CT molecular complexity index is 991. The molecule has 9 heteroatoms. The average molecular weight is 351 g/mol. The molecule has 0 aliphatic heterocycles. The number of nitrogens with zero attached hydrogens (tertiary/aromatic N) is 3. The number of rotatable bonds is 4. The molecule has 0 bridgehead atoms. The Kier molecular flexibility index (Phi) is 4.07. The molecule has 1 aromatic carbocycles. The number of hydrogen-bond donors (Lipinski definition) is 1. The molecule has 0 radical (unpaired) electrons. The van der Waals surface area contributed by atoms with Gasteiger partial charge >= 0.3 is 12.1 Å². The lowest BCUT2D eigenvalue weighted by Crippen LogP contribution is -2.28. The van der Waals surface area contributed by atoms with Gasteiger partial charge in [-0.1, -0.05) is 18.2 Å². The van der Waals surface area contributed by atoms with Gasteiger partial charge in [0.25, 0.3) is 5.56 Å². The number of fused-ring (bicyclic) bond motifs is 1. The van der Waals surface area contributed by atoms with E-state index in [1.807, 2.05) is 0 Å². The molecule has 3 rings (SSSR count). The highest BCUT2D eigenvalue weighted by atomic mass is 19.4. The summed E-state index contributed by atoms with van der Waals surface area (Å²) in [7, 11) is 0. The van der Waals surface area contributed by atoms with Crippen LogP contribution < -0.4 is 5.56 Å². The second-order valence-electron chi connectivity index (χ2n) is 5.31. The molecular weight excluding hydrogens is 339 g/mol. The number of para-hydroxylation sites is 1. The first-order valence-electron chi connectivity index (χ1n) is 7.26. The van der Waals surface area contributed by atoms with E-state index in [1.54, 1.807) is 30.3 Å². The summed E-state index contributed by atoms with van der Waals surface area (Å²) in [5.74, 6) is -1.03. The number of aliphatic carboxylic acids is 1. The number of aryl methyl sites for hydroxylation is 1. The van der Waals surface area contributed by atoms with Crippen molar-refractivity contribution >= 4 is 11.5 Å². The molecular formula is C16H12F3N3O3. The summed E-state index contributed by atoms with van der Waals surface area (Å²) in [5.41, 5.74) is -2.27. The van der Waals surface area contributed by atoms with Crippen LogP contribution in [0.4, 0.5) is 13.2 Å². The molecule has 0 fully saturated rings. The lowest BCUT2D eigenvalue weighted by Gasteiger charge is -2.13. The second-order valence-corrected chi connectivity index (χ2v) is 5.31. The van der Waals surface area contributed by atoms with E-state index in [-0.39, 0.29) is 18.7 Å². The fraction of sp³-hybridized carbons (Fsp3) is 0.188. The molecule has 2 aromatic heterocycles. The van der Waals surface area contributed by atoms with Gasteiger partial charge in [-0.25, -0.2) is 4.52 Å². The number of hydrogen-bond acceptors (Lipinski definition) is 3. The number of carboxylic acid groups (broad SMARTS) is 1. The first-order chi connectivity index (χ1) is 11.8. The number of alkyl halides is 3. The highest BCUT2D eigenvalue weighted by Crippen LogP contribution is 2.31. The number of aromatic nitrogens is 3. The molecule has 2 heterocycles. The zero-order valence-electron chi connectivity index (χ0n) is 12.7. The normalized spacial score (nSPS) is 11.8. The third kappa shape index (κ3) is 3.12. The molecule has 1 N–H and O–H groups in total. The third-order valence-corrected chi connectivity index (χ3v) is 3.64. The Hall–Kier alpha value is -3.10. The largest absolute Gasteiger partial charge is 0.481 e. The predicted molar refractivity (Wildman–Crippen MR) is 81.7 cm³/mol. The monoisotopic (exact) mass is 351 g/mol. The van der Waals surface area contributed by atoms with Crippen molar-refractivity contribution in [1.29, 1.82) is 0 Å². The molecule has 0 atom stereocenters. The highest BCUT2D eigenvalue weighted by Gasteiger charge is 2.35. The lowest BCUT2D eigenvalue weighted by molar-refractivity contribution is -0.137. The molecule has 3 aromatic rings. The van der Waals surface area contributed by atoms with E-state index in [9.17, 15) is 22.8 Å². The maximum absolute atomic E-state index is 13.2. The van der Waals surface area contributed by atoms with Gasteiger partial charge < -0.3 is 5.11 Å². The van der Waals surface area contributed by atoms with Crippen LogP contribution in [0.2, 0.25) is 0 Å². The van der Waals surface area contributed by atoms with Crippen molar-refractivity contribution in [3.63, 3.8) is 0 Å². The van der Waals surface area contributed by atoms with Gasteiger partial charge in [-0.2, -0.15) is 18.3 Å². The molecule has 0 spiro atoms. The van der Waals surface area contributed by atoms with Crippen molar-refractivity contribution in [3.05, 3.63) is 64.3 Å². The molecule has 25 heavy (non-hydrogen) atoms. The summed E-state index contributed by atoms with van der Waals surface area (Å²) in [6.45, 7) is 0. The van der Waals surface area contributed by atoms with Crippen molar-refractivity contribution in [1.82, 2.24) is 14.2 Å². The average Bonchev–Trinajstić information content (AvgIpc) is 2.98. The van der Waals surface area contributed by atoms with E-state index in [4.69, 9.17) is 5.11 Å². The van der Waals surface area contributed by atoms with Gasteiger partial charge in [0.1, 0.15) is 11.3 Å². The van der Waals surface area contributed by atoms with Gasteiger partial charge in [0.05, 0.1) is 17.7 Å². The van der Waals surface area contributed by atoms with Gasteiger partial charge in [0.2, 0.25) is 0 Å². The van der Waals surface area contributed by atoms with Crippen molar-refractivity contribution in [2.24, 2.45) is 0 Å². The van der Waals surface area contributed by atoms with Crippen molar-refractivity contribution < 1.29 is 23.1 Å². The number of carbonyl (C=O) groups is 1. The molecule has 0 aliphatic carbocycles. The van der Waals surface area contributed by atoms with Crippen molar-refractivity contribution in [2.45, 2.75) is 19.0 Å². The van der Waals surface area contributed by atoms with E-state index < -0.39 is 28.8 Å². The van der Waals surface area contributed by atoms with Gasteiger partial charge in [-0.15, -0.1) is 0 Å². The topological polar surface area (TPSA) is 76.6 Å². The SMILES string of the molecule is O=C(O)CCc1nn2ccc(C(F)(F)F)c2c(=O)n1-c1ccccc1. The fourth-order valence-corrected chi connectivity index (χ4v) is 2.56. The molecule has 0 saturated heterocycles. The Morgan fingerprint density at radius 3 is 2.44 bits per heavy atom. The smallest absolute Gasteiger partial charge is 0.418 e. The zero-order chi connectivity index (χ0) is 18.2. The standard InChI is InChI=1S/C16H12F3N3O3/c17-16(18,19)11-8-9-21-14(11)15(25)22(10-4-2-1-3-5-10)12(20-21)6-7-13(23)24/h1-5,8-9H,6-7H2,(H,23,24). The minimum atomic E-state index is -4.70. The summed E-state index contributed by atoms with van der Waals surface area (Å²) < 4.78 is 41.3. The molecule has 0 unspecified atom stereocenters. The van der Waals surface area contributed by atoms with Crippen LogP contribution >= 0.6 is 0 Å². The summed E-state index contributed by atoms with van der Waals surface area (Å²) in [4.78, 5) is 23.6. The van der Waals surface area contributed by atoms with Gasteiger partial charge in [0, 0.05) is 12.6 Å². The van der Waals surface area contributed by atoms with Gasteiger partial charge in [-0.05, 0) is 18.2 Å². The van der Waals surface area contributed by atoms with Crippen molar-refractivity contribution in [2.75, 3.05) is 0 Å².